The van der Waals surface area contributed by atoms with Gasteiger partial charge in [-0.15, -0.1) is 0 Å². The molecule has 1 atom stereocenters. The average Bonchev–Trinajstić information content (AvgIpc) is 2.38. The van der Waals surface area contributed by atoms with Crippen LogP contribution < -0.4 is 10.6 Å². The van der Waals surface area contributed by atoms with Gasteiger partial charge in [0, 0.05) is 6.54 Å². The van der Waals surface area contributed by atoms with Crippen molar-refractivity contribution in [3.05, 3.63) is 35.9 Å². The van der Waals surface area contributed by atoms with Gasteiger partial charge in [-0.05, 0) is 24.3 Å². The predicted octanol–water partition coefficient (Wildman–Crippen LogP) is 1.94. The van der Waals surface area contributed by atoms with Crippen LogP contribution in [0, 0.1) is 5.92 Å². The molecular formula is C15H24N2O2. The van der Waals surface area contributed by atoms with Crippen molar-refractivity contribution in [3.8, 4) is 0 Å². The summed E-state index contributed by atoms with van der Waals surface area (Å²) in [5, 5.41) is 14.8. The number of amides is 2. The van der Waals surface area contributed by atoms with Crippen LogP contribution in [0.15, 0.2) is 30.3 Å². The number of aliphatic hydroxyl groups excluding tert-OH is 1. The van der Waals surface area contributed by atoms with E-state index in [1.165, 1.54) is 5.56 Å². The Bertz CT molecular complexity index is 366. The monoisotopic (exact) mass is 264 g/mol. The van der Waals surface area contributed by atoms with Gasteiger partial charge in [-0.1, -0.05) is 44.2 Å². The first-order valence-corrected chi connectivity index (χ1v) is 6.81. The summed E-state index contributed by atoms with van der Waals surface area (Å²) in [6.07, 6.45) is 1.59. The van der Waals surface area contributed by atoms with Crippen LogP contribution in [0.5, 0.6) is 0 Å². The molecule has 1 aromatic carbocycles. The Kier molecular flexibility index (Phi) is 6.97. The molecule has 19 heavy (non-hydrogen) atoms. The number of rotatable bonds is 7. The lowest BCUT2D eigenvalue weighted by Crippen LogP contribution is -2.44. The molecule has 0 saturated heterocycles. The van der Waals surface area contributed by atoms with Gasteiger partial charge in [0.25, 0.3) is 0 Å². The van der Waals surface area contributed by atoms with Crippen molar-refractivity contribution in [2.24, 2.45) is 5.92 Å². The second-order valence-corrected chi connectivity index (χ2v) is 5.14. The van der Waals surface area contributed by atoms with Gasteiger partial charge < -0.3 is 15.7 Å². The minimum atomic E-state index is -0.212. The number of carbonyl (C=O) groups is 1. The van der Waals surface area contributed by atoms with E-state index in [1.807, 2.05) is 30.3 Å². The maximum atomic E-state index is 11.7. The van der Waals surface area contributed by atoms with Gasteiger partial charge >= 0.3 is 6.03 Å². The summed E-state index contributed by atoms with van der Waals surface area (Å²) < 4.78 is 0. The first-order chi connectivity index (χ1) is 9.11. The topological polar surface area (TPSA) is 61.4 Å². The number of aliphatic hydroxyl groups is 1. The lowest BCUT2D eigenvalue weighted by molar-refractivity contribution is 0.207. The zero-order valence-corrected chi connectivity index (χ0v) is 11.7. The van der Waals surface area contributed by atoms with E-state index in [1.54, 1.807) is 0 Å². The van der Waals surface area contributed by atoms with E-state index in [0.717, 1.165) is 12.8 Å². The molecule has 4 heteroatoms. The highest BCUT2D eigenvalue weighted by atomic mass is 16.3. The quantitative estimate of drug-likeness (QED) is 0.705. The van der Waals surface area contributed by atoms with Crippen molar-refractivity contribution in [1.29, 1.82) is 0 Å². The molecule has 106 valence electrons. The van der Waals surface area contributed by atoms with E-state index in [-0.39, 0.29) is 18.7 Å². The van der Waals surface area contributed by atoms with E-state index >= 15 is 0 Å². The summed E-state index contributed by atoms with van der Waals surface area (Å²) in [5.74, 6) is 0.446. The molecule has 2 amide bonds. The van der Waals surface area contributed by atoms with Crippen molar-refractivity contribution in [3.63, 3.8) is 0 Å². The van der Waals surface area contributed by atoms with Gasteiger partial charge in [0.05, 0.1) is 12.6 Å². The molecule has 3 N–H and O–H groups in total. The molecule has 1 unspecified atom stereocenters. The van der Waals surface area contributed by atoms with Crippen LogP contribution in [-0.2, 0) is 6.42 Å². The molecule has 1 rings (SSSR count). The molecule has 0 heterocycles. The molecule has 0 radical (unpaired) electrons. The summed E-state index contributed by atoms with van der Waals surface area (Å²) in [4.78, 5) is 11.7. The van der Waals surface area contributed by atoms with Crippen molar-refractivity contribution in [2.75, 3.05) is 13.2 Å². The van der Waals surface area contributed by atoms with E-state index in [9.17, 15) is 9.90 Å². The Labute approximate surface area is 115 Å². The fourth-order valence-electron chi connectivity index (χ4n) is 1.95. The maximum Gasteiger partial charge on any atom is 0.315 e. The highest BCUT2D eigenvalue weighted by Gasteiger charge is 2.12. The second kappa shape index (κ2) is 8.53. The van der Waals surface area contributed by atoms with Crippen molar-refractivity contribution >= 4 is 6.03 Å². The van der Waals surface area contributed by atoms with Gasteiger partial charge in [-0.2, -0.15) is 0 Å². The van der Waals surface area contributed by atoms with Crippen LogP contribution in [0.4, 0.5) is 4.79 Å². The van der Waals surface area contributed by atoms with Crippen LogP contribution in [-0.4, -0.2) is 30.3 Å². The van der Waals surface area contributed by atoms with Crippen molar-refractivity contribution in [1.82, 2.24) is 10.6 Å². The van der Waals surface area contributed by atoms with Crippen LogP contribution >= 0.6 is 0 Å². The molecule has 0 saturated carbocycles. The predicted molar refractivity (Wildman–Crippen MR) is 77.0 cm³/mol. The highest BCUT2D eigenvalue weighted by molar-refractivity contribution is 5.74. The Morgan fingerprint density at radius 2 is 1.95 bits per heavy atom. The second-order valence-electron chi connectivity index (χ2n) is 5.14. The lowest BCUT2D eigenvalue weighted by Gasteiger charge is -2.18. The van der Waals surface area contributed by atoms with E-state index < -0.39 is 0 Å². The third-order valence-electron chi connectivity index (χ3n) is 2.85. The number of hydrogen-bond acceptors (Lipinski definition) is 2. The number of urea groups is 1. The number of nitrogens with one attached hydrogen (secondary N) is 2. The maximum absolute atomic E-state index is 11.7. The minimum absolute atomic E-state index is 0.0235. The van der Waals surface area contributed by atoms with Crippen molar-refractivity contribution in [2.45, 2.75) is 32.7 Å². The summed E-state index contributed by atoms with van der Waals surface area (Å²) in [5.41, 5.74) is 1.20. The third kappa shape index (κ3) is 6.82. The molecule has 4 nitrogen and oxygen atoms in total. The Hall–Kier alpha value is -1.55. The molecular weight excluding hydrogens is 240 g/mol. The molecule has 0 fully saturated rings. The van der Waals surface area contributed by atoms with E-state index in [0.29, 0.717) is 12.5 Å². The summed E-state index contributed by atoms with van der Waals surface area (Å²) in [6, 6.07) is 9.64. The largest absolute Gasteiger partial charge is 0.394 e. The van der Waals surface area contributed by atoms with Gasteiger partial charge in [0.1, 0.15) is 0 Å². The molecule has 0 spiro atoms. The molecule has 0 aliphatic carbocycles. The number of carbonyl (C=O) groups excluding carboxylic acids is 1. The van der Waals surface area contributed by atoms with Gasteiger partial charge in [0.2, 0.25) is 0 Å². The van der Waals surface area contributed by atoms with Crippen molar-refractivity contribution < 1.29 is 9.90 Å². The SMILES string of the molecule is CC(C)CC(CO)NC(=O)NCCc1ccccc1. The van der Waals surface area contributed by atoms with Gasteiger partial charge in [-0.3, -0.25) is 0 Å². The fourth-order valence-corrected chi connectivity index (χ4v) is 1.95. The van der Waals surface area contributed by atoms with Gasteiger partial charge in [-0.25, -0.2) is 4.79 Å². The van der Waals surface area contributed by atoms with Crippen LogP contribution in [0.1, 0.15) is 25.8 Å². The van der Waals surface area contributed by atoms with Crippen LogP contribution in [0.3, 0.4) is 0 Å². The minimum Gasteiger partial charge on any atom is -0.394 e. The Morgan fingerprint density at radius 1 is 1.26 bits per heavy atom. The zero-order chi connectivity index (χ0) is 14.1. The van der Waals surface area contributed by atoms with E-state index in [2.05, 4.69) is 24.5 Å². The Morgan fingerprint density at radius 3 is 2.53 bits per heavy atom. The normalized spacial score (nSPS) is 12.2. The molecule has 0 aliphatic heterocycles. The number of benzene rings is 1. The molecule has 0 aliphatic rings. The summed E-state index contributed by atoms with van der Waals surface area (Å²) in [6.45, 7) is 4.70. The Balaban J connectivity index is 2.23. The van der Waals surface area contributed by atoms with E-state index in [4.69, 9.17) is 0 Å². The summed E-state index contributed by atoms with van der Waals surface area (Å²) in [7, 11) is 0. The lowest BCUT2D eigenvalue weighted by atomic mass is 10.0. The summed E-state index contributed by atoms with van der Waals surface area (Å²) >= 11 is 0. The fraction of sp³-hybridized carbons (Fsp3) is 0.533. The molecule has 0 aromatic heterocycles. The number of hydrogen-bond donors (Lipinski definition) is 3. The van der Waals surface area contributed by atoms with Crippen LogP contribution in [0.2, 0.25) is 0 Å². The first kappa shape index (κ1) is 15.5. The average molecular weight is 264 g/mol. The first-order valence-electron chi connectivity index (χ1n) is 6.81. The zero-order valence-electron chi connectivity index (χ0n) is 11.7. The molecule has 1 aromatic rings. The molecule has 0 bridgehead atoms. The standard InChI is InChI=1S/C15H24N2O2/c1-12(2)10-14(11-18)17-15(19)16-9-8-13-6-4-3-5-7-13/h3-7,12,14,18H,8-11H2,1-2H3,(H2,16,17,19). The van der Waals surface area contributed by atoms with Gasteiger partial charge in [0.15, 0.2) is 0 Å². The van der Waals surface area contributed by atoms with Crippen LogP contribution in [0.25, 0.3) is 0 Å². The highest BCUT2D eigenvalue weighted by Crippen LogP contribution is 2.03. The smallest absolute Gasteiger partial charge is 0.315 e. The third-order valence-corrected chi connectivity index (χ3v) is 2.85.